The fraction of sp³-hybridized carbons (Fsp3) is 0.850. The van der Waals surface area contributed by atoms with E-state index in [1.54, 1.807) is 0 Å². The molecule has 5 heteroatoms. The van der Waals surface area contributed by atoms with Gasteiger partial charge in [0.15, 0.2) is 5.96 Å². The Kier molecular flexibility index (Phi) is 8.76. The Balaban J connectivity index is 1.90. The zero-order valence-corrected chi connectivity index (χ0v) is 16.4. The minimum atomic E-state index is 0.382. The maximum atomic E-state index is 5.53. The number of aliphatic imine (C=N–C) groups is 1. The molecule has 0 unspecified atom stereocenters. The number of nitrogens with one attached hydrogen (secondary N) is 1. The number of rotatable bonds is 8. The Morgan fingerprint density at radius 3 is 2.64 bits per heavy atom. The summed E-state index contributed by atoms with van der Waals surface area (Å²) in [5.41, 5.74) is 0.382. The molecule has 2 fully saturated rings. The van der Waals surface area contributed by atoms with Gasteiger partial charge in [0.2, 0.25) is 0 Å². The van der Waals surface area contributed by atoms with Gasteiger partial charge in [-0.05, 0) is 25.7 Å². The summed E-state index contributed by atoms with van der Waals surface area (Å²) >= 11 is 0. The first-order valence-corrected chi connectivity index (χ1v) is 10.0. The number of unbranched alkanes of at least 4 members (excludes halogenated alkanes) is 1. The number of morpholine rings is 1. The molecule has 25 heavy (non-hydrogen) atoms. The summed E-state index contributed by atoms with van der Waals surface area (Å²) in [6, 6.07) is 0. The Bertz CT molecular complexity index is 412. The Hall–Kier alpha value is -1.07. The molecule has 0 radical (unpaired) electrons. The lowest BCUT2D eigenvalue weighted by atomic mass is 9.73. The average Bonchev–Trinajstić information content (AvgIpc) is 2.64. The second-order valence-corrected chi connectivity index (χ2v) is 7.70. The molecule has 1 N–H and O–H groups in total. The van der Waals surface area contributed by atoms with Crippen LogP contribution in [0.25, 0.3) is 0 Å². The van der Waals surface area contributed by atoms with Crippen LogP contribution in [-0.2, 0) is 4.74 Å². The topological polar surface area (TPSA) is 40.1 Å². The summed E-state index contributed by atoms with van der Waals surface area (Å²) in [7, 11) is 4.02. The van der Waals surface area contributed by atoms with Crippen LogP contribution in [0.2, 0.25) is 0 Å². The molecule has 1 aliphatic carbocycles. The van der Waals surface area contributed by atoms with E-state index < -0.39 is 0 Å². The van der Waals surface area contributed by atoms with E-state index in [1.165, 1.54) is 38.6 Å². The molecule has 0 atom stereocenters. The van der Waals surface area contributed by atoms with Crippen LogP contribution >= 0.6 is 0 Å². The second kappa shape index (κ2) is 10.8. The maximum Gasteiger partial charge on any atom is 0.193 e. The van der Waals surface area contributed by atoms with Crippen LogP contribution in [0.5, 0.6) is 0 Å². The molecule has 1 saturated carbocycles. The van der Waals surface area contributed by atoms with Gasteiger partial charge >= 0.3 is 0 Å². The van der Waals surface area contributed by atoms with Crippen molar-refractivity contribution in [2.75, 3.05) is 60.0 Å². The van der Waals surface area contributed by atoms with Gasteiger partial charge in [0.25, 0.3) is 0 Å². The average molecular weight is 351 g/mol. The molecular formula is C20H38N4O. The Labute approximate surface area is 154 Å². The normalized spacial score (nSPS) is 21.8. The zero-order chi connectivity index (χ0) is 18.0. The van der Waals surface area contributed by atoms with Crippen LogP contribution in [0.1, 0.15) is 44.9 Å². The number of nitrogens with zero attached hydrogens (tertiary/aromatic N) is 3. The quantitative estimate of drug-likeness (QED) is 0.316. The number of hydrogen-bond acceptors (Lipinski definition) is 3. The predicted molar refractivity (Wildman–Crippen MR) is 106 cm³/mol. The summed E-state index contributed by atoms with van der Waals surface area (Å²) in [4.78, 5) is 9.35. The molecule has 0 aromatic heterocycles. The molecule has 0 aromatic carbocycles. The highest BCUT2D eigenvalue weighted by Gasteiger charge is 2.34. The molecule has 2 aliphatic rings. The van der Waals surface area contributed by atoms with E-state index in [1.807, 2.05) is 13.1 Å². The third-order valence-electron chi connectivity index (χ3n) is 5.67. The molecular weight excluding hydrogens is 312 g/mol. The molecule has 1 aliphatic heterocycles. The van der Waals surface area contributed by atoms with Crippen molar-refractivity contribution in [3.8, 4) is 0 Å². The van der Waals surface area contributed by atoms with Crippen molar-refractivity contribution >= 4 is 5.96 Å². The maximum absolute atomic E-state index is 5.53. The minimum Gasteiger partial charge on any atom is -0.379 e. The van der Waals surface area contributed by atoms with E-state index in [2.05, 4.69) is 33.7 Å². The molecule has 5 nitrogen and oxygen atoms in total. The van der Waals surface area contributed by atoms with E-state index in [4.69, 9.17) is 4.74 Å². The first-order chi connectivity index (χ1) is 12.2. The smallest absolute Gasteiger partial charge is 0.193 e. The van der Waals surface area contributed by atoms with Crippen LogP contribution in [0.4, 0.5) is 0 Å². The highest BCUT2D eigenvalue weighted by Crippen LogP contribution is 2.36. The van der Waals surface area contributed by atoms with Gasteiger partial charge in [-0.1, -0.05) is 25.3 Å². The summed E-state index contributed by atoms with van der Waals surface area (Å²) in [5.74, 6) is 1.02. The van der Waals surface area contributed by atoms with E-state index in [9.17, 15) is 0 Å². The first-order valence-electron chi connectivity index (χ1n) is 10.0. The number of guanidine groups is 1. The van der Waals surface area contributed by atoms with Crippen LogP contribution in [0.15, 0.2) is 17.6 Å². The van der Waals surface area contributed by atoms with E-state index in [0.29, 0.717) is 5.41 Å². The molecule has 2 rings (SSSR count). The second-order valence-electron chi connectivity index (χ2n) is 7.70. The van der Waals surface area contributed by atoms with Crippen LogP contribution < -0.4 is 5.32 Å². The largest absolute Gasteiger partial charge is 0.379 e. The van der Waals surface area contributed by atoms with Crippen molar-refractivity contribution in [3.05, 3.63) is 12.7 Å². The van der Waals surface area contributed by atoms with Gasteiger partial charge in [-0.15, -0.1) is 6.58 Å². The van der Waals surface area contributed by atoms with Gasteiger partial charge in [0.05, 0.1) is 13.2 Å². The highest BCUT2D eigenvalue weighted by atomic mass is 16.5. The first kappa shape index (κ1) is 20.2. The summed E-state index contributed by atoms with van der Waals surface area (Å²) < 4.78 is 5.53. The molecule has 1 heterocycles. The summed E-state index contributed by atoms with van der Waals surface area (Å²) in [6.45, 7) is 11.0. The van der Waals surface area contributed by atoms with Crippen molar-refractivity contribution in [1.82, 2.24) is 15.1 Å². The molecule has 0 bridgehead atoms. The van der Waals surface area contributed by atoms with Gasteiger partial charge in [0.1, 0.15) is 0 Å². The number of ether oxygens (including phenoxy) is 1. The number of allylic oxidation sites excluding steroid dienone is 1. The van der Waals surface area contributed by atoms with E-state index >= 15 is 0 Å². The van der Waals surface area contributed by atoms with Crippen molar-refractivity contribution in [3.63, 3.8) is 0 Å². The Morgan fingerprint density at radius 2 is 2.00 bits per heavy atom. The SMILES string of the molecule is C=CCCCN(C)C(=NC)NCC1(CN2CCOCC2)CCCCC1. The van der Waals surface area contributed by atoms with Gasteiger partial charge in [-0.3, -0.25) is 9.89 Å². The lowest BCUT2D eigenvalue weighted by Crippen LogP contribution is -2.51. The summed E-state index contributed by atoms with van der Waals surface area (Å²) in [5, 5.41) is 3.69. The predicted octanol–water partition coefficient (Wildman–Crippen LogP) is 2.74. The van der Waals surface area contributed by atoms with Gasteiger partial charge in [-0.2, -0.15) is 0 Å². The monoisotopic (exact) mass is 350 g/mol. The lowest BCUT2D eigenvalue weighted by molar-refractivity contribution is 0.00810. The standard InChI is InChI=1S/C20H38N4O/c1-4-5-9-12-23(3)19(21-2)22-17-20(10-7-6-8-11-20)18-24-13-15-25-16-14-24/h4H,1,5-18H2,2-3H3,(H,21,22). The van der Waals surface area contributed by atoms with Crippen LogP contribution in [0, 0.1) is 5.41 Å². The van der Waals surface area contributed by atoms with Crippen LogP contribution in [-0.4, -0.2) is 75.8 Å². The van der Waals surface area contributed by atoms with Gasteiger partial charge in [-0.25, -0.2) is 0 Å². The van der Waals surface area contributed by atoms with Gasteiger partial charge < -0.3 is 15.0 Å². The van der Waals surface area contributed by atoms with E-state index in [-0.39, 0.29) is 0 Å². The fourth-order valence-corrected chi connectivity index (χ4v) is 4.16. The molecule has 0 amide bonds. The third-order valence-corrected chi connectivity index (χ3v) is 5.67. The van der Waals surface area contributed by atoms with E-state index in [0.717, 1.165) is 58.2 Å². The highest BCUT2D eigenvalue weighted by molar-refractivity contribution is 5.79. The number of hydrogen-bond donors (Lipinski definition) is 1. The van der Waals surface area contributed by atoms with Gasteiger partial charge in [0, 0.05) is 52.2 Å². The molecule has 0 spiro atoms. The van der Waals surface area contributed by atoms with Crippen molar-refractivity contribution < 1.29 is 4.74 Å². The fourth-order valence-electron chi connectivity index (χ4n) is 4.16. The minimum absolute atomic E-state index is 0.382. The van der Waals surface area contributed by atoms with Crippen molar-refractivity contribution in [1.29, 1.82) is 0 Å². The van der Waals surface area contributed by atoms with Crippen molar-refractivity contribution in [2.24, 2.45) is 10.4 Å². The zero-order valence-electron chi connectivity index (χ0n) is 16.4. The molecule has 0 aromatic rings. The summed E-state index contributed by atoms with van der Waals surface area (Å²) in [6.07, 6.45) is 10.9. The molecule has 144 valence electrons. The third kappa shape index (κ3) is 6.63. The van der Waals surface area contributed by atoms with Crippen LogP contribution in [0.3, 0.4) is 0 Å². The molecule has 1 saturated heterocycles. The van der Waals surface area contributed by atoms with Crippen molar-refractivity contribution in [2.45, 2.75) is 44.9 Å². The Morgan fingerprint density at radius 1 is 1.28 bits per heavy atom. The lowest BCUT2D eigenvalue weighted by Gasteiger charge is -2.43.